The minimum Gasteiger partial charge on any atom is -0.394 e. The molecule has 176 valence electrons. The minimum absolute atomic E-state index is 0.218. The van der Waals surface area contributed by atoms with E-state index >= 15 is 0 Å². The summed E-state index contributed by atoms with van der Waals surface area (Å²) < 4.78 is 7.25. The van der Waals surface area contributed by atoms with Crippen LogP contribution in [0, 0.1) is 4.64 Å². The molecule has 3 rings (SSSR count). The van der Waals surface area contributed by atoms with Crippen LogP contribution in [-0.2, 0) is 9.53 Å². The Morgan fingerprint density at radius 2 is 2.12 bits per heavy atom. The zero-order valence-corrected chi connectivity index (χ0v) is 18.1. The minimum atomic E-state index is -1.27. The number of nitrogens with one attached hydrogen (secondary N) is 3. The summed E-state index contributed by atoms with van der Waals surface area (Å²) in [4.78, 5) is 23.1. The number of hydrogen-bond acceptors (Lipinski definition) is 11. The van der Waals surface area contributed by atoms with Crippen LogP contribution >= 0.6 is 12.2 Å². The van der Waals surface area contributed by atoms with E-state index in [1.807, 2.05) is 0 Å². The number of nitrogens with two attached hydrogens (primary N) is 1. The maximum absolute atomic E-state index is 11.7. The monoisotopic (exact) mass is 469 g/mol. The summed E-state index contributed by atoms with van der Waals surface area (Å²) in [7, 11) is 0. The summed E-state index contributed by atoms with van der Waals surface area (Å²) in [5.74, 6) is -0.118. The number of hydrogen-bond donors (Lipinski definition) is 8. The number of nitrogens with zero attached hydrogens (tertiary/aromatic N) is 3. The number of carbonyl (C=O) groups excluding carboxylic acids is 1. The molecule has 0 saturated carbocycles. The fourth-order valence-electron chi connectivity index (χ4n) is 3.14. The second kappa shape index (κ2) is 10.4. The van der Waals surface area contributed by atoms with Crippen molar-refractivity contribution in [1.82, 2.24) is 24.8 Å². The summed E-state index contributed by atoms with van der Waals surface area (Å²) in [6.07, 6.45) is -0.478. The van der Waals surface area contributed by atoms with Gasteiger partial charge in [0.15, 0.2) is 10.9 Å². The molecule has 14 heteroatoms. The Balaban J connectivity index is 1.64. The average Bonchev–Trinajstić information content (AvgIpc) is 3.31. The zero-order valence-electron chi connectivity index (χ0n) is 17.3. The predicted octanol–water partition coefficient (Wildman–Crippen LogP) is -2.11. The second-order valence-corrected chi connectivity index (χ2v) is 7.72. The van der Waals surface area contributed by atoms with Gasteiger partial charge < -0.3 is 46.5 Å². The molecule has 0 radical (unpaired) electrons. The average molecular weight is 470 g/mol. The van der Waals surface area contributed by atoms with E-state index in [9.17, 15) is 25.2 Å². The van der Waals surface area contributed by atoms with Crippen LogP contribution in [0.5, 0.6) is 0 Å². The van der Waals surface area contributed by atoms with E-state index in [1.54, 1.807) is 12.2 Å². The number of aromatic nitrogens is 4. The highest BCUT2D eigenvalue weighted by atomic mass is 32.1. The first-order valence-electron chi connectivity index (χ1n) is 9.94. The molecule has 9 N–H and O–H groups in total. The summed E-state index contributed by atoms with van der Waals surface area (Å²) in [6, 6.07) is -0.987. The third kappa shape index (κ3) is 5.12. The van der Waals surface area contributed by atoms with Gasteiger partial charge in [-0.25, -0.2) is 9.97 Å². The largest absolute Gasteiger partial charge is 0.394 e. The number of amides is 1. The quantitative estimate of drug-likeness (QED) is 0.147. The number of aromatic amines is 1. The van der Waals surface area contributed by atoms with E-state index in [2.05, 4.69) is 25.6 Å². The van der Waals surface area contributed by atoms with Crippen molar-refractivity contribution in [2.75, 3.05) is 25.0 Å². The summed E-state index contributed by atoms with van der Waals surface area (Å²) in [6.45, 7) is 1.59. The molecule has 2 aromatic rings. The van der Waals surface area contributed by atoms with Crippen LogP contribution in [0.25, 0.3) is 11.2 Å². The van der Waals surface area contributed by atoms with Crippen molar-refractivity contribution in [3.63, 3.8) is 0 Å². The lowest BCUT2D eigenvalue weighted by atomic mass is 10.1. The molecule has 0 spiro atoms. The Kier molecular flexibility index (Phi) is 7.89. The summed E-state index contributed by atoms with van der Waals surface area (Å²) in [5, 5.41) is 44.5. The first-order valence-corrected chi connectivity index (χ1v) is 10.3. The van der Waals surface area contributed by atoms with Gasteiger partial charge in [0.05, 0.1) is 19.0 Å². The third-order valence-electron chi connectivity index (χ3n) is 5.01. The maximum atomic E-state index is 11.7. The van der Waals surface area contributed by atoms with Crippen LogP contribution in [-0.4, -0.2) is 96.0 Å². The number of carbonyl (C=O) groups is 1. The van der Waals surface area contributed by atoms with Gasteiger partial charge >= 0.3 is 0 Å². The first-order chi connectivity index (χ1) is 15.2. The Morgan fingerprint density at radius 1 is 1.41 bits per heavy atom. The normalized spacial score (nSPS) is 25.3. The van der Waals surface area contributed by atoms with E-state index in [1.165, 1.54) is 17.8 Å². The van der Waals surface area contributed by atoms with Gasteiger partial charge in [-0.15, -0.1) is 0 Å². The number of aliphatic hydroxyl groups excluding tert-OH is 4. The van der Waals surface area contributed by atoms with Crippen LogP contribution in [0.2, 0.25) is 0 Å². The van der Waals surface area contributed by atoms with E-state index in [-0.39, 0.29) is 11.2 Å². The molecule has 32 heavy (non-hydrogen) atoms. The van der Waals surface area contributed by atoms with Gasteiger partial charge in [-0.3, -0.25) is 9.36 Å². The molecule has 13 nitrogen and oxygen atoms in total. The third-order valence-corrected chi connectivity index (χ3v) is 5.29. The molecule has 1 fully saturated rings. The Labute approximate surface area is 187 Å². The molecule has 2 aromatic heterocycles. The maximum Gasteiger partial charge on any atom is 0.239 e. The molecular weight excluding hydrogens is 442 g/mol. The lowest BCUT2D eigenvalue weighted by Crippen LogP contribution is -2.47. The van der Waals surface area contributed by atoms with E-state index in [0.29, 0.717) is 23.7 Å². The fourth-order valence-corrected chi connectivity index (χ4v) is 3.38. The number of anilines is 1. The standard InChI is InChI=1S/C18H27N7O6S/c1-8(27)10(19)15(30)20-4-2-3-5-21-18-23-14-11(16(32)24-18)22-7-25(14)17-13(29)12(28)9(6-26)31-17/h2-3,7-10,12-13,17,26-29H,4-6,19H2,1H3,(H,20,30)(H2,21,23,24,32)/t8?,9-,10?,12+,13?,17-/m1/s1. The van der Waals surface area contributed by atoms with Crippen molar-refractivity contribution >= 4 is 35.2 Å². The number of aliphatic hydroxyl groups is 4. The van der Waals surface area contributed by atoms with Gasteiger partial charge in [-0.1, -0.05) is 24.4 Å². The molecule has 0 aromatic carbocycles. The predicted molar refractivity (Wildman–Crippen MR) is 116 cm³/mol. The smallest absolute Gasteiger partial charge is 0.239 e. The summed E-state index contributed by atoms with van der Waals surface area (Å²) >= 11 is 5.28. The molecule has 1 saturated heterocycles. The van der Waals surface area contributed by atoms with Crippen molar-refractivity contribution in [2.24, 2.45) is 5.73 Å². The second-order valence-electron chi connectivity index (χ2n) is 7.33. The molecule has 0 bridgehead atoms. The molecule has 3 heterocycles. The van der Waals surface area contributed by atoms with Crippen molar-refractivity contribution < 1.29 is 30.0 Å². The Morgan fingerprint density at radius 3 is 2.78 bits per heavy atom. The van der Waals surface area contributed by atoms with Gasteiger partial charge in [0.2, 0.25) is 11.9 Å². The Bertz CT molecular complexity index is 1020. The van der Waals surface area contributed by atoms with Gasteiger partial charge in [0.1, 0.15) is 35.5 Å². The SMILES string of the molecule is CC(O)C(N)C(=O)NCC=CCNc1nc(=S)c2ncn([C@@H]3O[C@H](CO)[C@H](O)C3O)c2[nH]1. The van der Waals surface area contributed by atoms with Gasteiger partial charge in [0, 0.05) is 13.1 Å². The lowest BCUT2D eigenvalue weighted by Gasteiger charge is -2.17. The molecule has 1 aliphatic heterocycles. The molecular formula is C18H27N7O6S. The van der Waals surface area contributed by atoms with Crippen LogP contribution in [0.15, 0.2) is 18.5 Å². The highest BCUT2D eigenvalue weighted by Crippen LogP contribution is 2.31. The summed E-state index contributed by atoms with van der Waals surface area (Å²) in [5.41, 5.74) is 6.35. The molecule has 0 aliphatic carbocycles. The highest BCUT2D eigenvalue weighted by molar-refractivity contribution is 7.71. The van der Waals surface area contributed by atoms with Crippen molar-refractivity contribution in [3.8, 4) is 0 Å². The highest BCUT2D eigenvalue weighted by Gasteiger charge is 2.43. The van der Waals surface area contributed by atoms with Crippen LogP contribution in [0.1, 0.15) is 13.2 Å². The van der Waals surface area contributed by atoms with Crippen LogP contribution < -0.4 is 16.4 Å². The number of imidazole rings is 1. The molecule has 1 amide bonds. The van der Waals surface area contributed by atoms with Crippen molar-refractivity contribution in [1.29, 1.82) is 0 Å². The van der Waals surface area contributed by atoms with Crippen LogP contribution in [0.4, 0.5) is 5.95 Å². The lowest BCUT2D eigenvalue weighted by molar-refractivity contribution is -0.124. The van der Waals surface area contributed by atoms with E-state index in [0.717, 1.165) is 0 Å². The zero-order chi connectivity index (χ0) is 23.4. The van der Waals surface area contributed by atoms with Gasteiger partial charge in [-0.2, -0.15) is 0 Å². The molecule has 6 atom stereocenters. The number of fused-ring (bicyclic) bond motifs is 1. The first kappa shape index (κ1) is 24.2. The number of rotatable bonds is 9. The van der Waals surface area contributed by atoms with Crippen LogP contribution in [0.3, 0.4) is 0 Å². The van der Waals surface area contributed by atoms with Crippen molar-refractivity contribution in [2.45, 2.75) is 43.6 Å². The fraction of sp³-hybridized carbons (Fsp3) is 0.556. The van der Waals surface area contributed by atoms with E-state index in [4.69, 9.17) is 22.7 Å². The Hall–Kier alpha value is -2.46. The van der Waals surface area contributed by atoms with Gasteiger partial charge in [0.25, 0.3) is 0 Å². The van der Waals surface area contributed by atoms with Gasteiger partial charge in [-0.05, 0) is 6.92 Å². The van der Waals surface area contributed by atoms with Crippen molar-refractivity contribution in [3.05, 3.63) is 23.1 Å². The topological polar surface area (TPSA) is 204 Å². The van der Waals surface area contributed by atoms with E-state index < -0.39 is 49.2 Å². The molecule has 1 aliphatic rings. The molecule has 3 unspecified atom stereocenters. The number of ether oxygens (including phenoxy) is 1. The number of H-pyrrole nitrogens is 1.